The lowest BCUT2D eigenvalue weighted by molar-refractivity contribution is -0.144. The largest absolute Gasteiger partial charge is 0.465 e. The third kappa shape index (κ3) is 1.79. The van der Waals surface area contributed by atoms with Crippen LogP contribution in [0.1, 0.15) is 46.5 Å². The molecule has 2 nitrogen and oxygen atoms in total. The minimum absolute atomic E-state index is 0.00507. The van der Waals surface area contributed by atoms with Gasteiger partial charge in [0.1, 0.15) is 0 Å². The highest BCUT2D eigenvalue weighted by molar-refractivity contribution is 5.69. The van der Waals surface area contributed by atoms with Gasteiger partial charge in [0.15, 0.2) is 0 Å². The first-order valence-corrected chi connectivity index (χ1v) is 6.19. The number of carbonyl (C=O) groups excluding carboxylic acids is 1. The number of cyclic esters (lactones) is 1. The van der Waals surface area contributed by atoms with Gasteiger partial charge in [-0.15, -0.1) is 0 Å². The van der Waals surface area contributed by atoms with E-state index in [4.69, 9.17) is 4.74 Å². The molecule has 15 heavy (non-hydrogen) atoms. The monoisotopic (exact) mass is 210 g/mol. The highest BCUT2D eigenvalue weighted by Gasteiger charge is 2.46. The Labute approximate surface area is 92.4 Å². The van der Waals surface area contributed by atoms with E-state index >= 15 is 0 Å². The van der Waals surface area contributed by atoms with Crippen molar-refractivity contribution in [1.29, 1.82) is 0 Å². The van der Waals surface area contributed by atoms with E-state index in [0.717, 1.165) is 12.3 Å². The Morgan fingerprint density at radius 3 is 2.80 bits per heavy atom. The zero-order valence-corrected chi connectivity index (χ0v) is 10.1. The molecular weight excluding hydrogens is 188 g/mol. The van der Waals surface area contributed by atoms with E-state index in [0.29, 0.717) is 30.3 Å². The third-order valence-corrected chi connectivity index (χ3v) is 5.11. The maximum atomic E-state index is 11.3. The molecule has 2 heteroatoms. The van der Waals surface area contributed by atoms with E-state index in [1.807, 2.05) is 0 Å². The first kappa shape index (κ1) is 11.0. The molecule has 1 heterocycles. The summed E-state index contributed by atoms with van der Waals surface area (Å²) in [6.45, 7) is 7.72. The molecule has 0 aromatic carbocycles. The van der Waals surface area contributed by atoms with Crippen LogP contribution in [0.25, 0.3) is 0 Å². The first-order valence-electron chi connectivity index (χ1n) is 6.19. The van der Waals surface area contributed by atoms with Crippen molar-refractivity contribution >= 4 is 5.97 Å². The summed E-state index contributed by atoms with van der Waals surface area (Å²) in [5.74, 6) is 2.10. The van der Waals surface area contributed by atoms with Gasteiger partial charge in [0.25, 0.3) is 0 Å². The van der Waals surface area contributed by atoms with Crippen molar-refractivity contribution in [3.8, 4) is 0 Å². The summed E-state index contributed by atoms with van der Waals surface area (Å²) in [5.41, 5.74) is 0.323. The summed E-state index contributed by atoms with van der Waals surface area (Å²) in [6, 6.07) is 0. The van der Waals surface area contributed by atoms with Gasteiger partial charge < -0.3 is 4.74 Å². The number of hydrogen-bond donors (Lipinski definition) is 0. The zero-order valence-electron chi connectivity index (χ0n) is 10.1. The lowest BCUT2D eigenvalue weighted by Crippen LogP contribution is -2.42. The molecule has 1 aliphatic heterocycles. The second-order valence-corrected chi connectivity index (χ2v) is 5.73. The quantitative estimate of drug-likeness (QED) is 0.574. The Morgan fingerprint density at radius 2 is 2.07 bits per heavy atom. The Morgan fingerprint density at radius 1 is 1.33 bits per heavy atom. The molecule has 0 unspecified atom stereocenters. The van der Waals surface area contributed by atoms with Gasteiger partial charge in [0.2, 0.25) is 0 Å². The summed E-state index contributed by atoms with van der Waals surface area (Å²) in [6.07, 6.45) is 4.15. The van der Waals surface area contributed by atoms with E-state index in [-0.39, 0.29) is 5.97 Å². The summed E-state index contributed by atoms with van der Waals surface area (Å²) in [7, 11) is 0. The first-order chi connectivity index (χ1) is 7.04. The van der Waals surface area contributed by atoms with Gasteiger partial charge in [0.05, 0.1) is 6.61 Å². The van der Waals surface area contributed by atoms with Crippen molar-refractivity contribution in [3.63, 3.8) is 0 Å². The lowest BCUT2D eigenvalue weighted by Gasteiger charge is -2.48. The number of esters is 1. The van der Waals surface area contributed by atoms with E-state index in [1.165, 1.54) is 12.8 Å². The zero-order chi connectivity index (χ0) is 11.1. The predicted molar refractivity (Wildman–Crippen MR) is 59.4 cm³/mol. The van der Waals surface area contributed by atoms with Crippen LogP contribution in [0.3, 0.4) is 0 Å². The van der Waals surface area contributed by atoms with E-state index in [1.54, 1.807) is 0 Å². The average molecular weight is 210 g/mol. The number of rotatable bonds is 0. The topological polar surface area (TPSA) is 26.3 Å². The summed E-state index contributed by atoms with van der Waals surface area (Å²) in [4.78, 5) is 11.3. The molecule has 0 aromatic heterocycles. The standard InChI is InChI=1S/C13H22O2/c1-9-4-5-11-8-15-12(14)6-7-13(11,3)10(9)2/h9-11H,4-8H2,1-3H3/t9-,10+,11+,13+/m0/s1. The van der Waals surface area contributed by atoms with Crippen LogP contribution < -0.4 is 0 Å². The maximum Gasteiger partial charge on any atom is 0.305 e. The van der Waals surface area contributed by atoms with Gasteiger partial charge in [-0.3, -0.25) is 4.79 Å². The molecule has 1 saturated carbocycles. The molecule has 4 atom stereocenters. The molecular formula is C13H22O2. The Hall–Kier alpha value is -0.530. The van der Waals surface area contributed by atoms with Crippen molar-refractivity contribution in [3.05, 3.63) is 0 Å². The highest BCUT2D eigenvalue weighted by Crippen LogP contribution is 2.51. The fourth-order valence-electron chi connectivity index (χ4n) is 3.41. The summed E-state index contributed by atoms with van der Waals surface area (Å²) < 4.78 is 5.28. The van der Waals surface area contributed by atoms with Gasteiger partial charge in [-0.05, 0) is 36.0 Å². The van der Waals surface area contributed by atoms with Crippen LogP contribution in [0, 0.1) is 23.2 Å². The normalized spacial score (nSPS) is 46.6. The highest BCUT2D eigenvalue weighted by atomic mass is 16.5. The third-order valence-electron chi connectivity index (χ3n) is 5.11. The van der Waals surface area contributed by atoms with Crippen molar-refractivity contribution in [2.45, 2.75) is 46.5 Å². The second-order valence-electron chi connectivity index (χ2n) is 5.73. The lowest BCUT2D eigenvalue weighted by atomic mass is 9.57. The summed E-state index contributed by atoms with van der Waals surface area (Å²) >= 11 is 0. The van der Waals surface area contributed by atoms with E-state index in [9.17, 15) is 4.79 Å². The fraction of sp³-hybridized carbons (Fsp3) is 0.923. The number of carbonyl (C=O) groups is 1. The van der Waals surface area contributed by atoms with Crippen molar-refractivity contribution < 1.29 is 9.53 Å². The predicted octanol–water partition coefficient (Wildman–Crippen LogP) is 3.01. The molecule has 0 bridgehead atoms. The molecule has 0 aromatic rings. The molecule has 1 aliphatic carbocycles. The Bertz CT molecular complexity index is 261. The van der Waals surface area contributed by atoms with Crippen LogP contribution in [-0.4, -0.2) is 12.6 Å². The number of fused-ring (bicyclic) bond motifs is 1. The molecule has 0 N–H and O–H groups in total. The summed E-state index contributed by atoms with van der Waals surface area (Å²) in [5, 5.41) is 0. The van der Waals surface area contributed by atoms with Crippen molar-refractivity contribution in [2.24, 2.45) is 23.2 Å². The van der Waals surface area contributed by atoms with Crippen molar-refractivity contribution in [2.75, 3.05) is 6.61 Å². The average Bonchev–Trinajstić information content (AvgIpc) is 2.36. The van der Waals surface area contributed by atoms with Gasteiger partial charge in [-0.1, -0.05) is 27.2 Å². The fourth-order valence-corrected chi connectivity index (χ4v) is 3.41. The molecule has 0 spiro atoms. The smallest absolute Gasteiger partial charge is 0.305 e. The molecule has 1 saturated heterocycles. The molecule has 0 radical (unpaired) electrons. The van der Waals surface area contributed by atoms with Crippen LogP contribution in [0.15, 0.2) is 0 Å². The molecule has 0 amide bonds. The van der Waals surface area contributed by atoms with Gasteiger partial charge in [0, 0.05) is 6.42 Å². The minimum atomic E-state index is 0.00507. The molecule has 2 fully saturated rings. The van der Waals surface area contributed by atoms with Crippen LogP contribution in [0.5, 0.6) is 0 Å². The molecule has 86 valence electrons. The number of hydrogen-bond acceptors (Lipinski definition) is 2. The van der Waals surface area contributed by atoms with E-state index in [2.05, 4.69) is 20.8 Å². The Balaban J connectivity index is 2.21. The SMILES string of the molecule is C[C@@H]1[C@@H](C)CC[C@@H]2COC(=O)CC[C@@]21C. The molecule has 2 rings (SSSR count). The van der Waals surface area contributed by atoms with E-state index < -0.39 is 0 Å². The van der Waals surface area contributed by atoms with Gasteiger partial charge in [-0.2, -0.15) is 0 Å². The number of ether oxygens (including phenoxy) is 1. The van der Waals surface area contributed by atoms with Gasteiger partial charge >= 0.3 is 5.97 Å². The van der Waals surface area contributed by atoms with Crippen LogP contribution in [0.4, 0.5) is 0 Å². The van der Waals surface area contributed by atoms with Crippen LogP contribution in [-0.2, 0) is 9.53 Å². The van der Waals surface area contributed by atoms with Crippen molar-refractivity contribution in [1.82, 2.24) is 0 Å². The minimum Gasteiger partial charge on any atom is -0.465 e. The molecule has 2 aliphatic rings. The van der Waals surface area contributed by atoms with Crippen LogP contribution >= 0.6 is 0 Å². The Kier molecular flexibility index (Phi) is 2.78. The van der Waals surface area contributed by atoms with Crippen LogP contribution in [0.2, 0.25) is 0 Å². The maximum absolute atomic E-state index is 11.3. The second kappa shape index (κ2) is 3.80. The van der Waals surface area contributed by atoms with Gasteiger partial charge in [-0.25, -0.2) is 0 Å².